The summed E-state index contributed by atoms with van der Waals surface area (Å²) < 4.78 is 7.86. The van der Waals surface area contributed by atoms with Crippen LogP contribution in [-0.4, -0.2) is 26.4 Å². The molecule has 3 rings (SSSR count). The first-order valence-electron chi connectivity index (χ1n) is 9.78. The van der Waals surface area contributed by atoms with Gasteiger partial charge in [0.15, 0.2) is 17.1 Å². The Kier molecular flexibility index (Phi) is 7.86. The molecule has 1 unspecified atom stereocenters. The summed E-state index contributed by atoms with van der Waals surface area (Å²) in [5.41, 5.74) is 1.85. The predicted octanol–water partition coefficient (Wildman–Crippen LogP) is 6.12. The van der Waals surface area contributed by atoms with Crippen LogP contribution in [0, 0.1) is 0 Å². The second-order valence-electron chi connectivity index (χ2n) is 7.35. The van der Waals surface area contributed by atoms with Gasteiger partial charge in [-0.25, -0.2) is 0 Å². The number of anilines is 1. The van der Waals surface area contributed by atoms with Crippen LogP contribution in [0.1, 0.15) is 44.2 Å². The summed E-state index contributed by atoms with van der Waals surface area (Å²) in [6, 6.07) is 13.0. The summed E-state index contributed by atoms with van der Waals surface area (Å²) in [6.07, 6.45) is -0.290. The van der Waals surface area contributed by atoms with Crippen molar-refractivity contribution in [2.75, 3.05) is 11.1 Å². The Bertz CT molecular complexity index is 1050. The van der Waals surface area contributed by atoms with Crippen molar-refractivity contribution in [1.29, 1.82) is 0 Å². The number of rotatable bonds is 8. The van der Waals surface area contributed by atoms with Gasteiger partial charge in [-0.05, 0) is 48.7 Å². The quantitative estimate of drug-likeness (QED) is 0.395. The third kappa shape index (κ3) is 6.15. The zero-order chi connectivity index (χ0) is 22.5. The lowest BCUT2D eigenvalue weighted by Gasteiger charge is -2.15. The Hall–Kier alpha value is -2.22. The van der Waals surface area contributed by atoms with Crippen LogP contribution in [0.4, 0.5) is 5.69 Å². The van der Waals surface area contributed by atoms with Crippen LogP contribution >= 0.6 is 35.0 Å². The third-order valence-electron chi connectivity index (χ3n) is 4.63. The van der Waals surface area contributed by atoms with E-state index in [1.54, 1.807) is 18.2 Å². The van der Waals surface area contributed by atoms with E-state index in [1.165, 1.54) is 17.3 Å². The van der Waals surface area contributed by atoms with Crippen molar-refractivity contribution in [2.24, 2.45) is 7.05 Å². The topological polar surface area (TPSA) is 69.0 Å². The van der Waals surface area contributed by atoms with Crippen molar-refractivity contribution < 1.29 is 9.53 Å². The largest absolute Gasteiger partial charge is 0.483 e. The number of thioether (sulfide) groups is 1. The molecule has 6 nitrogen and oxygen atoms in total. The first-order chi connectivity index (χ1) is 14.7. The Balaban J connectivity index is 1.57. The van der Waals surface area contributed by atoms with Crippen LogP contribution in [0.5, 0.6) is 5.75 Å². The number of hydrogen-bond acceptors (Lipinski definition) is 5. The Morgan fingerprint density at radius 3 is 2.45 bits per heavy atom. The number of nitrogens with zero attached hydrogens (tertiary/aromatic N) is 3. The van der Waals surface area contributed by atoms with Gasteiger partial charge in [-0.3, -0.25) is 4.79 Å². The number of aromatic nitrogens is 3. The average Bonchev–Trinajstić information content (AvgIpc) is 3.10. The average molecular weight is 479 g/mol. The molecule has 164 valence electrons. The molecular weight excluding hydrogens is 455 g/mol. The van der Waals surface area contributed by atoms with Gasteiger partial charge in [0.25, 0.3) is 0 Å². The van der Waals surface area contributed by atoms with E-state index in [1.807, 2.05) is 30.7 Å². The van der Waals surface area contributed by atoms with Crippen LogP contribution in [-0.2, 0) is 11.8 Å². The number of carbonyl (C=O) groups excluding carboxylic acids is 1. The van der Waals surface area contributed by atoms with E-state index in [4.69, 9.17) is 27.9 Å². The molecule has 0 bridgehead atoms. The van der Waals surface area contributed by atoms with Gasteiger partial charge in [0, 0.05) is 12.7 Å². The predicted molar refractivity (Wildman–Crippen MR) is 126 cm³/mol. The van der Waals surface area contributed by atoms with Crippen molar-refractivity contribution in [1.82, 2.24) is 14.8 Å². The highest BCUT2D eigenvalue weighted by atomic mass is 35.5. The molecule has 2 aromatic carbocycles. The van der Waals surface area contributed by atoms with E-state index in [0.29, 0.717) is 32.6 Å². The molecule has 0 aliphatic carbocycles. The molecule has 31 heavy (non-hydrogen) atoms. The lowest BCUT2D eigenvalue weighted by Crippen LogP contribution is -2.15. The summed E-state index contributed by atoms with van der Waals surface area (Å²) in [6.45, 7) is 6.23. The van der Waals surface area contributed by atoms with Crippen molar-refractivity contribution in [2.45, 2.75) is 37.9 Å². The monoisotopic (exact) mass is 478 g/mol. The number of ether oxygens (including phenoxy) is 1. The second-order valence-corrected chi connectivity index (χ2v) is 9.11. The van der Waals surface area contributed by atoms with Crippen molar-refractivity contribution >= 4 is 46.6 Å². The van der Waals surface area contributed by atoms with E-state index in [-0.39, 0.29) is 17.8 Å². The molecule has 0 radical (unpaired) electrons. The minimum absolute atomic E-state index is 0.178. The normalized spacial score (nSPS) is 12.1. The number of benzene rings is 2. The fourth-order valence-electron chi connectivity index (χ4n) is 2.90. The summed E-state index contributed by atoms with van der Waals surface area (Å²) in [7, 11) is 1.86. The number of carbonyl (C=O) groups is 1. The van der Waals surface area contributed by atoms with E-state index in [9.17, 15) is 4.79 Å². The van der Waals surface area contributed by atoms with E-state index >= 15 is 0 Å². The van der Waals surface area contributed by atoms with Crippen LogP contribution < -0.4 is 10.1 Å². The Labute approximate surface area is 196 Å². The minimum atomic E-state index is -0.290. The molecule has 0 spiro atoms. The molecular formula is C22H24Cl2N4O2S. The molecule has 1 aromatic heterocycles. The smallest absolute Gasteiger partial charge is 0.234 e. The molecule has 1 heterocycles. The minimum Gasteiger partial charge on any atom is -0.483 e. The number of halogens is 2. The van der Waals surface area contributed by atoms with E-state index in [0.717, 1.165) is 5.75 Å². The second kappa shape index (κ2) is 10.4. The zero-order valence-corrected chi connectivity index (χ0v) is 20.1. The first kappa shape index (κ1) is 23.4. The van der Waals surface area contributed by atoms with Gasteiger partial charge in [-0.2, -0.15) is 0 Å². The number of amides is 1. The highest BCUT2D eigenvalue weighted by Crippen LogP contribution is 2.27. The van der Waals surface area contributed by atoms with Gasteiger partial charge < -0.3 is 14.6 Å². The molecule has 0 aliphatic heterocycles. The van der Waals surface area contributed by atoms with Gasteiger partial charge in [0.05, 0.1) is 15.8 Å². The van der Waals surface area contributed by atoms with Gasteiger partial charge >= 0.3 is 0 Å². The molecule has 3 aromatic rings. The molecule has 9 heteroatoms. The standard InChI is InChI=1S/C22H24Cl2N4O2S/c1-13(2)15-5-8-17(9-6-15)30-14(3)21-26-27-22(28(21)4)31-12-20(29)25-16-7-10-18(23)19(24)11-16/h5-11,13-14H,12H2,1-4H3,(H,25,29). The van der Waals surface area contributed by atoms with Crippen molar-refractivity contribution in [3.63, 3.8) is 0 Å². The summed E-state index contributed by atoms with van der Waals surface area (Å²) in [5.74, 6) is 1.93. The van der Waals surface area contributed by atoms with E-state index < -0.39 is 0 Å². The molecule has 1 atom stereocenters. The summed E-state index contributed by atoms with van der Waals surface area (Å²) in [5, 5.41) is 12.7. The number of hydrogen-bond donors (Lipinski definition) is 1. The van der Waals surface area contributed by atoms with Gasteiger partial charge in [0.2, 0.25) is 5.91 Å². The lowest BCUT2D eigenvalue weighted by atomic mass is 10.0. The highest BCUT2D eigenvalue weighted by Gasteiger charge is 2.18. The lowest BCUT2D eigenvalue weighted by molar-refractivity contribution is -0.113. The van der Waals surface area contributed by atoms with Gasteiger partial charge in [-0.1, -0.05) is 60.9 Å². The SMILES string of the molecule is CC(C)c1ccc(OC(C)c2nnc(SCC(=O)Nc3ccc(Cl)c(Cl)c3)n2C)cc1. The Morgan fingerprint density at radius 2 is 1.81 bits per heavy atom. The zero-order valence-electron chi connectivity index (χ0n) is 17.7. The van der Waals surface area contributed by atoms with Gasteiger partial charge in [0.1, 0.15) is 5.75 Å². The Morgan fingerprint density at radius 1 is 1.10 bits per heavy atom. The van der Waals surface area contributed by atoms with Crippen molar-refractivity contribution in [3.8, 4) is 5.75 Å². The van der Waals surface area contributed by atoms with Gasteiger partial charge in [-0.15, -0.1) is 10.2 Å². The highest BCUT2D eigenvalue weighted by molar-refractivity contribution is 7.99. The molecule has 1 amide bonds. The maximum absolute atomic E-state index is 12.3. The third-order valence-corrected chi connectivity index (χ3v) is 6.39. The molecule has 0 saturated carbocycles. The maximum atomic E-state index is 12.3. The summed E-state index contributed by atoms with van der Waals surface area (Å²) in [4.78, 5) is 12.3. The number of nitrogens with one attached hydrogen (secondary N) is 1. The maximum Gasteiger partial charge on any atom is 0.234 e. The first-order valence-corrected chi connectivity index (χ1v) is 11.5. The van der Waals surface area contributed by atoms with Crippen LogP contribution in [0.15, 0.2) is 47.6 Å². The molecule has 1 N–H and O–H groups in total. The fourth-order valence-corrected chi connectivity index (χ4v) is 3.91. The molecule has 0 saturated heterocycles. The summed E-state index contributed by atoms with van der Waals surface area (Å²) >= 11 is 13.2. The van der Waals surface area contributed by atoms with Crippen molar-refractivity contribution in [3.05, 3.63) is 63.9 Å². The van der Waals surface area contributed by atoms with E-state index in [2.05, 4.69) is 41.5 Å². The van der Waals surface area contributed by atoms with Crippen LogP contribution in [0.25, 0.3) is 0 Å². The molecule has 0 aliphatic rings. The van der Waals surface area contributed by atoms with Crippen LogP contribution in [0.3, 0.4) is 0 Å². The fraction of sp³-hybridized carbons (Fsp3) is 0.318. The van der Waals surface area contributed by atoms with Crippen LogP contribution in [0.2, 0.25) is 10.0 Å². The molecule has 0 fully saturated rings.